The molecule has 5 heteroatoms. The van der Waals surface area contributed by atoms with E-state index in [-0.39, 0.29) is 5.76 Å². The third-order valence-electron chi connectivity index (χ3n) is 1.54. The van der Waals surface area contributed by atoms with Crippen LogP contribution in [0.3, 0.4) is 0 Å². The summed E-state index contributed by atoms with van der Waals surface area (Å²) in [5.74, 6) is 0.236. The molecule has 0 saturated heterocycles. The molecule has 2 nitrogen and oxygen atoms in total. The highest BCUT2D eigenvalue weighted by atomic mass is 19.4. The second kappa shape index (κ2) is 2.75. The average molecular weight is 193 g/mol. The minimum atomic E-state index is -4.42. The topological polar surface area (TPSA) is 26.0 Å². The van der Waals surface area contributed by atoms with Crippen molar-refractivity contribution in [3.8, 4) is 0 Å². The minimum absolute atomic E-state index is 0.236. The number of hydrogen-bond donors (Lipinski definition) is 0. The van der Waals surface area contributed by atoms with Crippen LogP contribution in [0.1, 0.15) is 32.2 Å². The fourth-order valence-electron chi connectivity index (χ4n) is 0.762. The monoisotopic (exact) mass is 193 g/mol. The Bertz CT molecular complexity index is 267. The molecule has 0 aliphatic carbocycles. The Labute approximate surface area is 73.7 Å². The van der Waals surface area contributed by atoms with Gasteiger partial charge < -0.3 is 4.52 Å². The molecule has 0 unspecified atom stereocenters. The van der Waals surface area contributed by atoms with Gasteiger partial charge in [0, 0.05) is 11.5 Å². The Balaban J connectivity index is 3.01. The van der Waals surface area contributed by atoms with Crippen molar-refractivity contribution < 1.29 is 17.7 Å². The predicted molar refractivity (Wildman–Crippen MR) is 40.2 cm³/mol. The first-order valence-corrected chi connectivity index (χ1v) is 3.75. The highest BCUT2D eigenvalue weighted by Crippen LogP contribution is 2.31. The van der Waals surface area contributed by atoms with Crippen LogP contribution in [0.5, 0.6) is 0 Å². The van der Waals surface area contributed by atoms with Crippen LogP contribution in [0.15, 0.2) is 10.6 Å². The summed E-state index contributed by atoms with van der Waals surface area (Å²) in [7, 11) is 0. The molecule has 0 aromatic carbocycles. The van der Waals surface area contributed by atoms with Gasteiger partial charge in [0.1, 0.15) is 5.76 Å². The highest BCUT2D eigenvalue weighted by molar-refractivity contribution is 5.14. The number of halogens is 3. The van der Waals surface area contributed by atoms with E-state index in [0.717, 1.165) is 6.07 Å². The van der Waals surface area contributed by atoms with Crippen LogP contribution in [-0.4, -0.2) is 5.16 Å². The number of nitrogens with zero attached hydrogens (tertiary/aromatic N) is 1. The molecule has 0 saturated carbocycles. The number of rotatable bonds is 0. The molecule has 0 atom stereocenters. The van der Waals surface area contributed by atoms with E-state index in [1.54, 1.807) is 20.8 Å². The molecule has 0 aliphatic rings. The van der Waals surface area contributed by atoms with E-state index < -0.39 is 17.3 Å². The van der Waals surface area contributed by atoms with E-state index in [0.29, 0.717) is 0 Å². The second-order valence-electron chi connectivity index (χ2n) is 3.82. The van der Waals surface area contributed by atoms with Gasteiger partial charge in [0.2, 0.25) is 0 Å². The summed E-state index contributed by atoms with van der Waals surface area (Å²) in [4.78, 5) is 0. The van der Waals surface area contributed by atoms with Crippen LogP contribution in [-0.2, 0) is 11.6 Å². The van der Waals surface area contributed by atoms with Gasteiger partial charge in [-0.1, -0.05) is 25.9 Å². The lowest BCUT2D eigenvalue weighted by molar-refractivity contribution is -0.142. The number of hydrogen-bond acceptors (Lipinski definition) is 2. The van der Waals surface area contributed by atoms with Crippen LogP contribution in [0.2, 0.25) is 0 Å². The molecule has 13 heavy (non-hydrogen) atoms. The fourth-order valence-corrected chi connectivity index (χ4v) is 0.762. The lowest BCUT2D eigenvalue weighted by Crippen LogP contribution is -2.10. The summed E-state index contributed by atoms with van der Waals surface area (Å²) in [6, 6.07) is 0.931. The summed E-state index contributed by atoms with van der Waals surface area (Å²) in [6.45, 7) is 5.27. The first-order valence-electron chi connectivity index (χ1n) is 3.75. The molecule has 1 heterocycles. The van der Waals surface area contributed by atoms with Crippen LogP contribution >= 0.6 is 0 Å². The SMILES string of the molecule is CC(C)(C)c1cc(C(F)(F)F)no1. The van der Waals surface area contributed by atoms with Gasteiger partial charge in [0.15, 0.2) is 5.69 Å². The van der Waals surface area contributed by atoms with Gasteiger partial charge >= 0.3 is 6.18 Å². The molecule has 0 fully saturated rings. The molecule has 0 radical (unpaired) electrons. The smallest absolute Gasteiger partial charge is 0.360 e. The van der Waals surface area contributed by atoms with E-state index in [1.165, 1.54) is 0 Å². The maximum absolute atomic E-state index is 12.1. The molecule has 0 amide bonds. The van der Waals surface area contributed by atoms with Crippen LogP contribution in [0, 0.1) is 0 Å². The molecule has 1 aromatic heterocycles. The van der Waals surface area contributed by atoms with Crippen LogP contribution < -0.4 is 0 Å². The summed E-state index contributed by atoms with van der Waals surface area (Å²) >= 11 is 0. The molecule has 0 N–H and O–H groups in total. The Hall–Kier alpha value is -1.00. The average Bonchev–Trinajstić information content (AvgIpc) is 2.28. The van der Waals surface area contributed by atoms with Gasteiger partial charge in [0.25, 0.3) is 0 Å². The van der Waals surface area contributed by atoms with Gasteiger partial charge in [-0.2, -0.15) is 13.2 Å². The van der Waals surface area contributed by atoms with E-state index in [4.69, 9.17) is 0 Å². The molecule has 1 aromatic rings. The summed E-state index contributed by atoms with van der Waals surface area (Å²) < 4.78 is 40.8. The maximum Gasteiger partial charge on any atom is 0.436 e. The molecule has 1 rings (SSSR count). The highest BCUT2D eigenvalue weighted by Gasteiger charge is 2.36. The third kappa shape index (κ3) is 2.23. The minimum Gasteiger partial charge on any atom is -0.360 e. The van der Waals surface area contributed by atoms with E-state index in [9.17, 15) is 13.2 Å². The number of alkyl halides is 3. The zero-order valence-corrected chi connectivity index (χ0v) is 7.57. The molecule has 0 spiro atoms. The van der Waals surface area contributed by atoms with Crippen LogP contribution in [0.25, 0.3) is 0 Å². The first-order chi connectivity index (χ1) is 5.71. The second-order valence-corrected chi connectivity index (χ2v) is 3.82. The van der Waals surface area contributed by atoms with Gasteiger partial charge in [-0.15, -0.1) is 0 Å². The van der Waals surface area contributed by atoms with Crippen LogP contribution in [0.4, 0.5) is 13.2 Å². The fraction of sp³-hybridized carbons (Fsp3) is 0.625. The number of aromatic nitrogens is 1. The van der Waals surface area contributed by atoms with E-state index in [2.05, 4.69) is 9.68 Å². The summed E-state index contributed by atoms with van der Waals surface area (Å²) in [5, 5.41) is 2.95. The Kier molecular flexibility index (Phi) is 2.13. The van der Waals surface area contributed by atoms with Crippen molar-refractivity contribution >= 4 is 0 Å². The van der Waals surface area contributed by atoms with E-state index >= 15 is 0 Å². The zero-order chi connectivity index (χ0) is 10.3. The Morgan fingerprint density at radius 2 is 1.77 bits per heavy atom. The molecular weight excluding hydrogens is 183 g/mol. The molecule has 0 bridgehead atoms. The molecular formula is C8H10F3NO. The Morgan fingerprint density at radius 1 is 1.23 bits per heavy atom. The first kappa shape index (κ1) is 10.1. The standard InChI is InChI=1S/C8H10F3NO/c1-7(2,3)6-4-5(12-13-6)8(9,10)11/h4H,1-3H3. The maximum atomic E-state index is 12.1. The zero-order valence-electron chi connectivity index (χ0n) is 7.57. The molecule has 0 aliphatic heterocycles. The van der Waals surface area contributed by atoms with Gasteiger partial charge in [0.05, 0.1) is 0 Å². The largest absolute Gasteiger partial charge is 0.436 e. The summed E-state index contributed by atoms with van der Waals surface area (Å²) in [5.41, 5.74) is -1.42. The van der Waals surface area contributed by atoms with Gasteiger partial charge in [-0.05, 0) is 0 Å². The van der Waals surface area contributed by atoms with Crippen molar-refractivity contribution in [2.45, 2.75) is 32.4 Å². The van der Waals surface area contributed by atoms with E-state index in [1.807, 2.05) is 0 Å². The lowest BCUT2D eigenvalue weighted by atomic mass is 9.93. The molecule has 74 valence electrons. The van der Waals surface area contributed by atoms with Crippen molar-refractivity contribution in [3.05, 3.63) is 17.5 Å². The summed E-state index contributed by atoms with van der Waals surface area (Å²) in [6.07, 6.45) is -4.42. The lowest BCUT2D eigenvalue weighted by Gasteiger charge is -2.12. The van der Waals surface area contributed by atoms with Crippen molar-refractivity contribution in [2.75, 3.05) is 0 Å². The van der Waals surface area contributed by atoms with Crippen molar-refractivity contribution in [3.63, 3.8) is 0 Å². The van der Waals surface area contributed by atoms with Crippen molar-refractivity contribution in [1.82, 2.24) is 5.16 Å². The Morgan fingerprint density at radius 3 is 2.00 bits per heavy atom. The third-order valence-corrected chi connectivity index (χ3v) is 1.54. The predicted octanol–water partition coefficient (Wildman–Crippen LogP) is 2.99. The van der Waals surface area contributed by atoms with Gasteiger partial charge in [-0.3, -0.25) is 0 Å². The normalized spacial score (nSPS) is 13.4. The van der Waals surface area contributed by atoms with Gasteiger partial charge in [-0.25, -0.2) is 0 Å². The van der Waals surface area contributed by atoms with Crippen molar-refractivity contribution in [2.24, 2.45) is 0 Å². The quantitative estimate of drug-likeness (QED) is 0.633. The van der Waals surface area contributed by atoms with Crippen molar-refractivity contribution in [1.29, 1.82) is 0 Å².